The van der Waals surface area contributed by atoms with Crippen LogP contribution in [-0.4, -0.2) is 81.2 Å². The number of rotatable bonds is 9. The molecule has 2 fully saturated rings. The molecule has 2 aromatic rings. The van der Waals surface area contributed by atoms with Gasteiger partial charge in [-0.25, -0.2) is 0 Å². The van der Waals surface area contributed by atoms with Crippen LogP contribution in [0.5, 0.6) is 5.75 Å². The van der Waals surface area contributed by atoms with Crippen LogP contribution in [0.3, 0.4) is 0 Å². The lowest BCUT2D eigenvalue weighted by atomic mass is 9.62. The van der Waals surface area contributed by atoms with Crippen LogP contribution in [0.2, 0.25) is 0 Å². The smallest absolute Gasteiger partial charge is 0.430 e. The minimum atomic E-state index is -4.99. The fraction of sp³-hybridized carbons (Fsp3) is 0.517. The Morgan fingerprint density at radius 1 is 1.07 bits per heavy atom. The van der Waals surface area contributed by atoms with Gasteiger partial charge in [-0.05, 0) is 29.9 Å². The zero-order valence-corrected chi connectivity index (χ0v) is 22.6. The first-order valence-corrected chi connectivity index (χ1v) is 13.2. The molecular weight excluding hydrogens is 529 g/mol. The van der Waals surface area contributed by atoms with E-state index in [0.717, 1.165) is 12.7 Å². The number of piperidine rings is 2. The van der Waals surface area contributed by atoms with Crippen molar-refractivity contribution >= 4 is 11.8 Å². The van der Waals surface area contributed by atoms with E-state index in [4.69, 9.17) is 14.2 Å². The number of ether oxygens (including phenoxy) is 3. The summed E-state index contributed by atoms with van der Waals surface area (Å²) in [5.74, 6) is -0.967. The molecule has 8 nitrogen and oxygen atoms in total. The Labute approximate surface area is 231 Å². The normalized spacial score (nSPS) is 21.4. The summed E-state index contributed by atoms with van der Waals surface area (Å²) in [4.78, 5) is 27.4. The van der Waals surface area contributed by atoms with Crippen LogP contribution in [0.4, 0.5) is 13.2 Å². The van der Waals surface area contributed by atoms with Gasteiger partial charge in [0, 0.05) is 51.8 Å². The van der Waals surface area contributed by atoms with E-state index >= 15 is 0 Å². The fourth-order valence-electron chi connectivity index (χ4n) is 6.01. The van der Waals surface area contributed by atoms with Gasteiger partial charge in [-0.2, -0.15) is 13.2 Å². The summed E-state index contributed by atoms with van der Waals surface area (Å²) in [5, 5.41) is 13.0. The maximum Gasteiger partial charge on any atom is 0.430 e. The van der Waals surface area contributed by atoms with Crippen LogP contribution in [-0.2, 0) is 24.7 Å². The Kier molecular flexibility index (Phi) is 9.06. The molecule has 1 unspecified atom stereocenters. The zero-order chi connectivity index (χ0) is 29.0. The molecule has 2 aliphatic rings. The maximum atomic E-state index is 14.5. The highest BCUT2D eigenvalue weighted by Gasteiger charge is 2.64. The Morgan fingerprint density at radius 2 is 1.73 bits per heavy atom. The molecule has 0 aromatic heterocycles. The number of carbonyl (C=O) groups excluding carboxylic acids is 2. The van der Waals surface area contributed by atoms with E-state index in [1.807, 2.05) is 18.2 Å². The maximum absolute atomic E-state index is 14.5. The Bertz CT molecular complexity index is 1170. The van der Waals surface area contributed by atoms with E-state index in [9.17, 15) is 27.9 Å². The standard InChI is InChI=1S/C29H35F3N2O6/c1-38-18-21(35)19-40-24-11-7-6-10-22(24)23-17-33-25(36)16-27(23)12-14-34(15-13-27)26(37)28(39-2,29(30,31)32)20-8-4-3-5-9-20/h3-11,21,23,35H,12-19H2,1-2H3,(H,33,36)/t21-,23?,28+/m0/s1. The Balaban J connectivity index is 1.59. The van der Waals surface area contributed by atoms with E-state index < -0.39 is 29.2 Å². The zero-order valence-electron chi connectivity index (χ0n) is 22.6. The molecule has 2 N–H and O–H groups in total. The molecule has 0 bridgehead atoms. The van der Waals surface area contributed by atoms with Crippen molar-refractivity contribution in [3.63, 3.8) is 0 Å². The van der Waals surface area contributed by atoms with Gasteiger partial charge < -0.3 is 29.5 Å². The van der Waals surface area contributed by atoms with E-state index in [2.05, 4.69) is 5.32 Å². The van der Waals surface area contributed by atoms with Crippen molar-refractivity contribution in [1.29, 1.82) is 0 Å². The molecule has 0 radical (unpaired) electrons. The second-order valence-electron chi connectivity index (χ2n) is 10.4. The van der Waals surface area contributed by atoms with E-state index in [0.29, 0.717) is 25.1 Å². The molecule has 2 aromatic carbocycles. The third-order valence-corrected chi connectivity index (χ3v) is 8.07. The van der Waals surface area contributed by atoms with Crippen LogP contribution in [0.25, 0.3) is 0 Å². The third-order valence-electron chi connectivity index (χ3n) is 8.07. The van der Waals surface area contributed by atoms with Gasteiger partial charge in [-0.3, -0.25) is 9.59 Å². The number of hydrogen-bond donors (Lipinski definition) is 2. The van der Waals surface area contributed by atoms with Crippen molar-refractivity contribution in [2.45, 2.75) is 43.1 Å². The quantitative estimate of drug-likeness (QED) is 0.485. The minimum Gasteiger partial charge on any atom is -0.491 e. The Morgan fingerprint density at radius 3 is 2.35 bits per heavy atom. The summed E-state index contributed by atoms with van der Waals surface area (Å²) in [6.45, 7) is 0.509. The summed E-state index contributed by atoms with van der Waals surface area (Å²) in [6.07, 6.45) is -5.00. The molecule has 0 saturated carbocycles. The predicted octanol–water partition coefficient (Wildman–Crippen LogP) is 3.39. The molecule has 40 heavy (non-hydrogen) atoms. The largest absolute Gasteiger partial charge is 0.491 e. The highest BCUT2D eigenvalue weighted by molar-refractivity contribution is 5.88. The molecule has 0 aliphatic carbocycles. The highest BCUT2D eigenvalue weighted by Crippen LogP contribution is 2.52. The van der Waals surface area contributed by atoms with Crippen molar-refractivity contribution in [3.8, 4) is 5.75 Å². The number of alkyl halides is 3. The average molecular weight is 565 g/mol. The highest BCUT2D eigenvalue weighted by atomic mass is 19.4. The number of halogens is 3. The van der Waals surface area contributed by atoms with Gasteiger partial charge in [0.05, 0.1) is 6.61 Å². The first-order valence-electron chi connectivity index (χ1n) is 13.2. The monoisotopic (exact) mass is 564 g/mol. The number of nitrogens with zero attached hydrogens (tertiary/aromatic N) is 1. The number of benzene rings is 2. The number of methoxy groups -OCH3 is 2. The predicted molar refractivity (Wildman–Crippen MR) is 140 cm³/mol. The molecule has 2 aliphatic heterocycles. The van der Waals surface area contributed by atoms with Crippen LogP contribution in [0, 0.1) is 5.41 Å². The van der Waals surface area contributed by atoms with Gasteiger partial charge in [-0.1, -0.05) is 48.5 Å². The molecule has 2 saturated heterocycles. The minimum absolute atomic E-state index is 0.00917. The van der Waals surface area contributed by atoms with E-state index in [1.165, 1.54) is 36.3 Å². The number of nitrogens with one attached hydrogen (secondary N) is 1. The van der Waals surface area contributed by atoms with Crippen LogP contribution in [0.1, 0.15) is 36.3 Å². The van der Waals surface area contributed by atoms with Gasteiger partial charge >= 0.3 is 6.18 Å². The van der Waals surface area contributed by atoms with Crippen molar-refractivity contribution in [2.75, 3.05) is 47.1 Å². The number of aliphatic hydroxyl groups excluding tert-OH is 1. The fourth-order valence-corrected chi connectivity index (χ4v) is 6.01. The van der Waals surface area contributed by atoms with Crippen molar-refractivity contribution in [3.05, 3.63) is 65.7 Å². The molecule has 218 valence electrons. The summed E-state index contributed by atoms with van der Waals surface area (Å²) in [6, 6.07) is 14.3. The molecule has 4 rings (SSSR count). The van der Waals surface area contributed by atoms with Gasteiger partial charge in [0.1, 0.15) is 18.5 Å². The Hall–Kier alpha value is -3.15. The number of likely N-dealkylation sites (tertiary alicyclic amines) is 1. The number of carbonyl (C=O) groups is 2. The van der Waals surface area contributed by atoms with Crippen LogP contribution in [0.15, 0.2) is 54.6 Å². The van der Waals surface area contributed by atoms with Crippen LogP contribution >= 0.6 is 0 Å². The van der Waals surface area contributed by atoms with Crippen LogP contribution < -0.4 is 10.1 Å². The first kappa shape index (κ1) is 29.8. The number of amides is 2. The summed E-state index contributed by atoms with van der Waals surface area (Å²) >= 11 is 0. The van der Waals surface area contributed by atoms with Gasteiger partial charge in [0.2, 0.25) is 5.91 Å². The SMILES string of the molecule is COC[C@H](O)COc1ccccc1C1CNC(=O)CC12CCN(C(=O)[C@](OC)(c1ccccc1)C(F)(F)F)CC2. The molecular formula is C29H35F3N2O6. The van der Waals surface area contributed by atoms with E-state index in [1.54, 1.807) is 12.1 Å². The number of hydrogen-bond acceptors (Lipinski definition) is 6. The van der Waals surface area contributed by atoms with Crippen molar-refractivity contribution < 1.29 is 42.1 Å². The topological polar surface area (TPSA) is 97.3 Å². The summed E-state index contributed by atoms with van der Waals surface area (Å²) < 4.78 is 59.4. The second-order valence-corrected chi connectivity index (χ2v) is 10.4. The third kappa shape index (κ3) is 5.68. The first-order chi connectivity index (χ1) is 19.1. The summed E-state index contributed by atoms with van der Waals surface area (Å²) in [7, 11) is 2.37. The van der Waals surface area contributed by atoms with Gasteiger partial charge in [0.25, 0.3) is 11.5 Å². The molecule has 3 atom stereocenters. The number of para-hydroxylation sites is 1. The molecule has 11 heteroatoms. The molecule has 1 spiro atoms. The molecule has 2 amide bonds. The summed E-state index contributed by atoms with van der Waals surface area (Å²) in [5.41, 5.74) is -3.18. The van der Waals surface area contributed by atoms with Crippen molar-refractivity contribution in [2.24, 2.45) is 5.41 Å². The van der Waals surface area contributed by atoms with Crippen molar-refractivity contribution in [1.82, 2.24) is 10.2 Å². The second kappa shape index (κ2) is 12.2. The lowest BCUT2D eigenvalue weighted by Gasteiger charge is -2.50. The van der Waals surface area contributed by atoms with E-state index in [-0.39, 0.29) is 50.1 Å². The van der Waals surface area contributed by atoms with Gasteiger partial charge in [-0.15, -0.1) is 0 Å². The number of aliphatic hydroxyl groups is 1. The lowest BCUT2D eigenvalue weighted by Crippen LogP contribution is -2.60. The lowest BCUT2D eigenvalue weighted by molar-refractivity contribution is -0.271. The average Bonchev–Trinajstić information content (AvgIpc) is 2.93. The van der Waals surface area contributed by atoms with Gasteiger partial charge in [0.15, 0.2) is 0 Å². The molecule has 2 heterocycles.